The van der Waals surface area contributed by atoms with E-state index in [1.165, 1.54) is 23.1 Å². The van der Waals surface area contributed by atoms with E-state index < -0.39 is 42.5 Å². The minimum absolute atomic E-state index is 0.0116. The van der Waals surface area contributed by atoms with Gasteiger partial charge in [0.1, 0.15) is 17.9 Å². The van der Waals surface area contributed by atoms with Crippen LogP contribution >= 0.6 is 0 Å². The Hall–Kier alpha value is -3.19. The van der Waals surface area contributed by atoms with E-state index in [0.717, 1.165) is 25.0 Å². The zero-order valence-electron chi connectivity index (χ0n) is 27.0. The summed E-state index contributed by atoms with van der Waals surface area (Å²) in [6.45, 7) is 7.95. The molecule has 3 aromatic rings. The van der Waals surface area contributed by atoms with Crippen LogP contribution in [0.15, 0.2) is 36.7 Å². The fourth-order valence-electron chi connectivity index (χ4n) is 8.41. The SMILES string of the molecule is COc1c(CN2O[C@@H](CO)[C@H]([C@H](C)O)[C@H]2C(=O)N[C@H]2C[C@H]3C[C@@H]([C@@H]2C)C3(C)C)cccc1-c1cc(C(F)(F)F)cc2c1ncn2C. The van der Waals surface area contributed by atoms with E-state index in [1.807, 2.05) is 0 Å². The highest BCUT2D eigenvalue weighted by Crippen LogP contribution is 2.61. The van der Waals surface area contributed by atoms with Gasteiger partial charge in [-0.2, -0.15) is 18.2 Å². The standard InChI is InChI=1S/C34H43F3N4O5/c1-17-24-11-20(33(24,3)4)12-25(17)39-32(44)30-28(18(2)43)27(15-42)46-41(30)14-19-8-7-9-22(31(19)45-6)23-10-21(34(35,36)37)13-26-29(23)38-16-40(26)5/h7-10,13,16-18,20,24-25,27-28,30,42-43H,11-12,14-15H2,1-6H3,(H,39,44)/t17-,18-,20+,24-,25-,27-,28-,30-/m0/s1. The first-order valence-corrected chi connectivity index (χ1v) is 15.9. The van der Waals surface area contributed by atoms with E-state index in [9.17, 15) is 28.2 Å². The lowest BCUT2D eigenvalue weighted by Crippen LogP contribution is -2.62. The third kappa shape index (κ3) is 5.36. The maximum atomic E-state index is 14.1. The van der Waals surface area contributed by atoms with Crippen LogP contribution in [0.25, 0.3) is 22.2 Å². The van der Waals surface area contributed by atoms with Crippen molar-refractivity contribution < 1.29 is 37.8 Å². The third-order valence-corrected chi connectivity index (χ3v) is 11.1. The Balaban J connectivity index is 1.35. The minimum atomic E-state index is -4.58. The molecule has 3 saturated carbocycles. The average molecular weight is 645 g/mol. The van der Waals surface area contributed by atoms with Gasteiger partial charge in [-0.15, -0.1) is 0 Å². The van der Waals surface area contributed by atoms with Crippen LogP contribution in [0, 0.1) is 29.1 Å². The zero-order valence-corrected chi connectivity index (χ0v) is 27.0. The van der Waals surface area contributed by atoms with Gasteiger partial charge in [0.2, 0.25) is 5.91 Å². The Bertz CT molecular complexity index is 1620. The molecule has 0 unspecified atom stereocenters. The van der Waals surface area contributed by atoms with Crippen LogP contribution in [0.3, 0.4) is 0 Å². The van der Waals surface area contributed by atoms with Gasteiger partial charge in [-0.25, -0.2) is 4.98 Å². The summed E-state index contributed by atoms with van der Waals surface area (Å²) in [7, 11) is 3.07. The number of carbonyl (C=O) groups is 1. The number of hydrogen-bond donors (Lipinski definition) is 3. The summed E-state index contributed by atoms with van der Waals surface area (Å²) in [6.07, 6.45) is -2.88. The van der Waals surface area contributed by atoms with Crippen molar-refractivity contribution in [1.82, 2.24) is 19.9 Å². The number of para-hydroxylation sites is 1. The van der Waals surface area contributed by atoms with Gasteiger partial charge in [0.15, 0.2) is 0 Å². The molecule has 3 aliphatic carbocycles. The number of alkyl halides is 3. The number of aryl methyl sites for hydroxylation is 1. The molecule has 2 aromatic carbocycles. The van der Waals surface area contributed by atoms with Crippen LogP contribution in [0.1, 0.15) is 51.7 Å². The molecule has 46 heavy (non-hydrogen) atoms. The van der Waals surface area contributed by atoms with E-state index in [1.54, 1.807) is 32.2 Å². The number of hydroxylamine groups is 2. The third-order valence-electron chi connectivity index (χ3n) is 11.1. The topological polar surface area (TPSA) is 109 Å². The second-order valence-electron chi connectivity index (χ2n) is 14.0. The maximum Gasteiger partial charge on any atom is 0.416 e. The maximum absolute atomic E-state index is 14.1. The highest BCUT2D eigenvalue weighted by Gasteiger charge is 2.57. The highest BCUT2D eigenvalue weighted by molar-refractivity contribution is 5.95. The van der Waals surface area contributed by atoms with Crippen molar-refractivity contribution in [2.75, 3.05) is 13.7 Å². The van der Waals surface area contributed by atoms with Gasteiger partial charge in [-0.1, -0.05) is 39.0 Å². The molecular formula is C34H43F3N4O5. The number of fused-ring (bicyclic) bond motifs is 3. The van der Waals surface area contributed by atoms with Gasteiger partial charge in [0.25, 0.3) is 0 Å². The molecule has 0 spiro atoms. The first kappa shape index (κ1) is 32.7. The smallest absolute Gasteiger partial charge is 0.416 e. The number of amides is 1. The molecule has 250 valence electrons. The Morgan fingerprint density at radius 2 is 1.98 bits per heavy atom. The number of aliphatic hydroxyl groups excluding tert-OH is 2. The predicted molar refractivity (Wildman–Crippen MR) is 165 cm³/mol. The molecule has 1 aromatic heterocycles. The molecule has 8 atom stereocenters. The zero-order chi connectivity index (χ0) is 33.3. The Kier molecular flexibility index (Phi) is 8.40. The van der Waals surface area contributed by atoms with Gasteiger partial charge >= 0.3 is 6.18 Å². The number of nitrogens with one attached hydrogen (secondary N) is 1. The van der Waals surface area contributed by atoms with E-state index >= 15 is 0 Å². The van der Waals surface area contributed by atoms with E-state index in [4.69, 9.17) is 9.57 Å². The van der Waals surface area contributed by atoms with Gasteiger partial charge in [0.05, 0.1) is 49.3 Å². The summed E-state index contributed by atoms with van der Waals surface area (Å²) < 4.78 is 49.2. The summed E-state index contributed by atoms with van der Waals surface area (Å²) in [5, 5.41) is 25.7. The first-order valence-electron chi connectivity index (χ1n) is 15.9. The van der Waals surface area contributed by atoms with Crippen LogP contribution in [-0.4, -0.2) is 68.7 Å². The molecule has 1 aliphatic heterocycles. The van der Waals surface area contributed by atoms with Crippen molar-refractivity contribution in [3.8, 4) is 16.9 Å². The van der Waals surface area contributed by atoms with Crippen LogP contribution in [0.4, 0.5) is 13.2 Å². The lowest BCUT2D eigenvalue weighted by Gasteiger charge is -2.62. The normalized spacial score (nSPS) is 29.8. The van der Waals surface area contributed by atoms with Crippen molar-refractivity contribution in [2.24, 2.45) is 36.1 Å². The molecule has 4 aliphatic rings. The number of rotatable bonds is 8. The summed E-state index contributed by atoms with van der Waals surface area (Å²) in [5.74, 6) is 0.619. The molecule has 12 heteroatoms. The average Bonchev–Trinajstić information content (AvgIpc) is 3.57. The van der Waals surface area contributed by atoms with Crippen molar-refractivity contribution in [1.29, 1.82) is 0 Å². The van der Waals surface area contributed by atoms with Gasteiger partial charge < -0.3 is 24.8 Å². The second-order valence-corrected chi connectivity index (χ2v) is 14.0. The number of imidazole rings is 1. The predicted octanol–water partition coefficient (Wildman–Crippen LogP) is 4.93. The molecule has 1 amide bonds. The number of halogens is 3. The van der Waals surface area contributed by atoms with Gasteiger partial charge in [0, 0.05) is 35.7 Å². The van der Waals surface area contributed by atoms with Crippen molar-refractivity contribution in [3.05, 3.63) is 47.8 Å². The number of methoxy groups -OCH3 is 1. The molecule has 2 bridgehead atoms. The van der Waals surface area contributed by atoms with Crippen LogP contribution in [0.2, 0.25) is 0 Å². The number of benzene rings is 2. The summed E-state index contributed by atoms with van der Waals surface area (Å²) in [6, 6.07) is 6.34. The number of nitrogens with zero attached hydrogens (tertiary/aromatic N) is 3. The number of aliphatic hydroxyl groups is 2. The number of hydrogen-bond acceptors (Lipinski definition) is 7. The Labute approximate surface area is 266 Å². The van der Waals surface area contributed by atoms with E-state index in [2.05, 4.69) is 31.1 Å². The highest BCUT2D eigenvalue weighted by atomic mass is 19.4. The number of ether oxygens (including phenoxy) is 1. The molecule has 1 saturated heterocycles. The van der Waals surface area contributed by atoms with Crippen molar-refractivity contribution in [3.63, 3.8) is 0 Å². The number of aromatic nitrogens is 2. The molecule has 7 rings (SSSR count). The fraction of sp³-hybridized carbons (Fsp3) is 0.588. The van der Waals surface area contributed by atoms with Gasteiger partial charge in [-0.3, -0.25) is 9.63 Å². The lowest BCUT2D eigenvalue weighted by atomic mass is 9.45. The summed E-state index contributed by atoms with van der Waals surface area (Å²) in [4.78, 5) is 24.6. The second kappa shape index (κ2) is 11.8. The van der Waals surface area contributed by atoms with Gasteiger partial charge in [-0.05, 0) is 55.1 Å². The monoisotopic (exact) mass is 644 g/mol. The molecule has 0 radical (unpaired) electrons. The van der Waals surface area contributed by atoms with Crippen LogP contribution < -0.4 is 10.1 Å². The first-order chi connectivity index (χ1) is 21.7. The fourth-order valence-corrected chi connectivity index (χ4v) is 8.41. The largest absolute Gasteiger partial charge is 0.496 e. The lowest BCUT2D eigenvalue weighted by molar-refractivity contribution is -0.183. The molecule has 9 nitrogen and oxygen atoms in total. The van der Waals surface area contributed by atoms with Crippen LogP contribution in [-0.2, 0) is 29.4 Å². The quantitative estimate of drug-likeness (QED) is 0.319. The summed E-state index contributed by atoms with van der Waals surface area (Å²) in [5.41, 5.74) is 1.35. The van der Waals surface area contributed by atoms with Crippen molar-refractivity contribution >= 4 is 16.9 Å². The van der Waals surface area contributed by atoms with E-state index in [0.29, 0.717) is 39.7 Å². The Morgan fingerprint density at radius 3 is 2.59 bits per heavy atom. The Morgan fingerprint density at radius 1 is 1.24 bits per heavy atom. The molecule has 4 fully saturated rings. The molecule has 3 N–H and O–H groups in total. The molecule has 2 heterocycles. The summed E-state index contributed by atoms with van der Waals surface area (Å²) >= 11 is 0. The van der Waals surface area contributed by atoms with Crippen LogP contribution in [0.5, 0.6) is 5.75 Å². The number of carbonyl (C=O) groups excluding carboxylic acids is 1. The van der Waals surface area contributed by atoms with E-state index in [-0.39, 0.29) is 35.4 Å². The molecular weight excluding hydrogens is 601 g/mol. The minimum Gasteiger partial charge on any atom is -0.496 e. The van der Waals surface area contributed by atoms with Crippen molar-refractivity contribution in [2.45, 2.75) is 77.5 Å².